The minimum Gasteiger partial charge on any atom is -0.508 e. The maximum atomic E-state index is 9.71. The summed E-state index contributed by atoms with van der Waals surface area (Å²) in [7, 11) is 0. The predicted molar refractivity (Wildman–Crippen MR) is 69.1 cm³/mol. The quantitative estimate of drug-likeness (QED) is 0.848. The number of phenolic OH excluding ortho intramolecular Hbond substituents is 1. The summed E-state index contributed by atoms with van der Waals surface area (Å²) in [6.07, 6.45) is 3.59. The predicted octanol–water partition coefficient (Wildman–Crippen LogP) is 3.02. The van der Waals surface area contributed by atoms with Gasteiger partial charge in [-0.15, -0.1) is 0 Å². The van der Waals surface area contributed by atoms with Crippen LogP contribution in [-0.2, 0) is 6.54 Å². The molecule has 0 bridgehead atoms. The molecule has 0 saturated carbocycles. The molecule has 0 unspecified atom stereocenters. The van der Waals surface area contributed by atoms with Crippen LogP contribution in [-0.4, -0.2) is 10.1 Å². The van der Waals surface area contributed by atoms with Crippen LogP contribution in [0.1, 0.15) is 16.7 Å². The van der Waals surface area contributed by atoms with E-state index < -0.39 is 0 Å². The van der Waals surface area contributed by atoms with E-state index in [0.29, 0.717) is 12.3 Å². The fourth-order valence-corrected chi connectivity index (χ4v) is 1.70. The molecule has 1 heterocycles. The largest absolute Gasteiger partial charge is 0.508 e. The van der Waals surface area contributed by atoms with E-state index in [1.807, 2.05) is 38.2 Å². The van der Waals surface area contributed by atoms with Crippen molar-refractivity contribution in [2.24, 2.45) is 0 Å². The highest BCUT2D eigenvalue weighted by Gasteiger charge is 2.01. The topological polar surface area (TPSA) is 45.2 Å². The maximum absolute atomic E-state index is 9.71. The van der Waals surface area contributed by atoms with Crippen LogP contribution in [0.15, 0.2) is 36.7 Å². The zero-order valence-corrected chi connectivity index (χ0v) is 10.1. The lowest BCUT2D eigenvalue weighted by molar-refractivity contribution is 0.469. The van der Waals surface area contributed by atoms with Crippen molar-refractivity contribution in [1.82, 2.24) is 4.98 Å². The molecule has 0 spiro atoms. The molecule has 0 aliphatic rings. The van der Waals surface area contributed by atoms with Gasteiger partial charge in [0, 0.05) is 24.5 Å². The molecule has 88 valence electrons. The molecule has 0 atom stereocenters. The number of nitrogens with zero attached hydrogens (tertiary/aromatic N) is 1. The smallest absolute Gasteiger partial charge is 0.120 e. The number of hydrogen-bond acceptors (Lipinski definition) is 3. The van der Waals surface area contributed by atoms with Gasteiger partial charge in [0.25, 0.3) is 0 Å². The van der Waals surface area contributed by atoms with E-state index >= 15 is 0 Å². The summed E-state index contributed by atoms with van der Waals surface area (Å²) < 4.78 is 0. The Labute approximate surface area is 101 Å². The van der Waals surface area contributed by atoms with Crippen molar-refractivity contribution in [3.63, 3.8) is 0 Å². The lowest BCUT2D eigenvalue weighted by atomic mass is 10.1. The van der Waals surface area contributed by atoms with Crippen LogP contribution in [0.3, 0.4) is 0 Å². The number of aromatic hydroxyl groups is 1. The molecule has 3 heteroatoms. The summed E-state index contributed by atoms with van der Waals surface area (Å²) in [5.74, 6) is 0.323. The van der Waals surface area contributed by atoms with Crippen molar-refractivity contribution in [2.45, 2.75) is 20.4 Å². The van der Waals surface area contributed by atoms with Gasteiger partial charge in [-0.3, -0.25) is 4.98 Å². The van der Waals surface area contributed by atoms with E-state index in [2.05, 4.69) is 10.3 Å². The van der Waals surface area contributed by atoms with Crippen LogP contribution in [0.4, 0.5) is 5.69 Å². The Morgan fingerprint density at radius 2 is 1.94 bits per heavy atom. The van der Waals surface area contributed by atoms with Gasteiger partial charge in [-0.2, -0.15) is 0 Å². The van der Waals surface area contributed by atoms with E-state index in [9.17, 15) is 5.11 Å². The number of pyridine rings is 1. The minimum atomic E-state index is 0.323. The molecule has 0 fully saturated rings. The third kappa shape index (κ3) is 2.97. The van der Waals surface area contributed by atoms with E-state index in [4.69, 9.17) is 0 Å². The van der Waals surface area contributed by atoms with E-state index in [1.165, 1.54) is 0 Å². The number of hydrogen-bond donors (Lipinski definition) is 2. The fourth-order valence-electron chi connectivity index (χ4n) is 1.70. The van der Waals surface area contributed by atoms with Crippen LogP contribution in [0.2, 0.25) is 0 Å². The Kier molecular flexibility index (Phi) is 3.28. The lowest BCUT2D eigenvalue weighted by Crippen LogP contribution is -2.00. The van der Waals surface area contributed by atoms with Crippen molar-refractivity contribution in [2.75, 3.05) is 5.32 Å². The van der Waals surface area contributed by atoms with Gasteiger partial charge in [0.15, 0.2) is 0 Å². The van der Waals surface area contributed by atoms with Gasteiger partial charge < -0.3 is 10.4 Å². The number of rotatable bonds is 3. The highest BCUT2D eigenvalue weighted by molar-refractivity contribution is 5.45. The molecule has 17 heavy (non-hydrogen) atoms. The summed E-state index contributed by atoms with van der Waals surface area (Å²) in [4.78, 5) is 4.11. The Morgan fingerprint density at radius 3 is 2.71 bits per heavy atom. The number of nitrogens with one attached hydrogen (secondary N) is 1. The Hall–Kier alpha value is -2.03. The molecule has 0 amide bonds. The molecular formula is C14H16N2O. The Morgan fingerprint density at radius 1 is 1.12 bits per heavy atom. The molecule has 1 aromatic carbocycles. The van der Waals surface area contributed by atoms with Gasteiger partial charge in [-0.25, -0.2) is 0 Å². The summed E-state index contributed by atoms with van der Waals surface area (Å²) in [5.41, 5.74) is 4.11. The minimum absolute atomic E-state index is 0.323. The first-order valence-electron chi connectivity index (χ1n) is 5.59. The highest BCUT2D eigenvalue weighted by Crippen LogP contribution is 2.19. The Balaban J connectivity index is 2.09. The molecule has 1 aromatic heterocycles. The molecule has 2 N–H and O–H groups in total. The zero-order valence-electron chi connectivity index (χ0n) is 10.1. The molecule has 0 saturated heterocycles. The van der Waals surface area contributed by atoms with Crippen LogP contribution in [0.25, 0.3) is 0 Å². The second-order valence-electron chi connectivity index (χ2n) is 4.24. The number of aromatic nitrogens is 1. The summed E-state index contributed by atoms with van der Waals surface area (Å²) >= 11 is 0. The average Bonchev–Trinajstić information content (AvgIpc) is 2.30. The van der Waals surface area contributed by atoms with Crippen LogP contribution in [0, 0.1) is 13.8 Å². The van der Waals surface area contributed by atoms with Gasteiger partial charge in [0.2, 0.25) is 0 Å². The first-order valence-corrected chi connectivity index (χ1v) is 5.59. The second-order valence-corrected chi connectivity index (χ2v) is 4.24. The van der Waals surface area contributed by atoms with Crippen molar-refractivity contribution >= 4 is 5.69 Å². The number of phenols is 1. The van der Waals surface area contributed by atoms with E-state index in [0.717, 1.165) is 22.4 Å². The van der Waals surface area contributed by atoms with Crippen molar-refractivity contribution < 1.29 is 5.11 Å². The SMILES string of the molecule is Cc1cncc(NCc2cc(C)ccc2O)c1. The molecule has 0 aliphatic heterocycles. The Bertz CT molecular complexity index is 523. The average molecular weight is 228 g/mol. The second kappa shape index (κ2) is 4.87. The standard InChI is InChI=1S/C14H16N2O/c1-10-3-4-14(17)12(5-10)8-16-13-6-11(2)7-15-9-13/h3-7,9,16-17H,8H2,1-2H3. The zero-order chi connectivity index (χ0) is 12.3. The summed E-state index contributed by atoms with van der Waals surface area (Å²) in [6.45, 7) is 4.61. The van der Waals surface area contributed by atoms with E-state index in [-0.39, 0.29) is 0 Å². The van der Waals surface area contributed by atoms with Gasteiger partial charge in [0.05, 0.1) is 5.69 Å². The van der Waals surface area contributed by atoms with Gasteiger partial charge in [0.1, 0.15) is 5.75 Å². The monoisotopic (exact) mass is 228 g/mol. The molecule has 0 aliphatic carbocycles. The highest BCUT2D eigenvalue weighted by atomic mass is 16.3. The number of anilines is 1. The lowest BCUT2D eigenvalue weighted by Gasteiger charge is -2.09. The molecule has 3 nitrogen and oxygen atoms in total. The van der Waals surface area contributed by atoms with Crippen molar-refractivity contribution in [3.05, 3.63) is 53.3 Å². The first kappa shape index (κ1) is 11.5. The van der Waals surface area contributed by atoms with Gasteiger partial charge in [-0.05, 0) is 31.5 Å². The van der Waals surface area contributed by atoms with Crippen LogP contribution < -0.4 is 5.32 Å². The molecule has 2 rings (SSSR count). The molecule has 2 aromatic rings. The molecule has 0 radical (unpaired) electrons. The van der Waals surface area contributed by atoms with E-state index in [1.54, 1.807) is 12.3 Å². The first-order chi connectivity index (χ1) is 8.15. The number of aryl methyl sites for hydroxylation is 2. The molecular weight excluding hydrogens is 212 g/mol. The number of benzene rings is 1. The maximum Gasteiger partial charge on any atom is 0.120 e. The van der Waals surface area contributed by atoms with Gasteiger partial charge in [-0.1, -0.05) is 17.7 Å². The van der Waals surface area contributed by atoms with Crippen molar-refractivity contribution in [1.29, 1.82) is 0 Å². The fraction of sp³-hybridized carbons (Fsp3) is 0.214. The normalized spacial score (nSPS) is 10.2. The third-order valence-electron chi connectivity index (χ3n) is 2.59. The third-order valence-corrected chi connectivity index (χ3v) is 2.59. The van der Waals surface area contributed by atoms with Crippen LogP contribution in [0.5, 0.6) is 5.75 Å². The van der Waals surface area contributed by atoms with Gasteiger partial charge >= 0.3 is 0 Å². The summed E-state index contributed by atoms with van der Waals surface area (Å²) in [6, 6.07) is 7.62. The van der Waals surface area contributed by atoms with Crippen molar-refractivity contribution in [3.8, 4) is 5.75 Å². The summed E-state index contributed by atoms with van der Waals surface area (Å²) in [5, 5.41) is 13.0. The van der Waals surface area contributed by atoms with Crippen LogP contribution >= 0.6 is 0 Å².